The molecule has 2 aromatic carbocycles. The van der Waals surface area contributed by atoms with Gasteiger partial charge in [0.2, 0.25) is 0 Å². The SMILES string of the molecule is C=CCCC(C)N1CCc2c(cc(Cl)c(C(=O)N[C@@H](Cc3cccc(S(C)(=O)=O)c3)C(=O)O)c2Cl)C1. The van der Waals surface area contributed by atoms with Gasteiger partial charge in [0.1, 0.15) is 6.04 Å². The molecule has 194 valence electrons. The number of benzene rings is 2. The van der Waals surface area contributed by atoms with Gasteiger partial charge in [-0.05, 0) is 61.1 Å². The maximum atomic E-state index is 13.1. The minimum absolute atomic E-state index is 0.0429. The number of nitrogens with one attached hydrogen (secondary N) is 1. The molecule has 1 amide bonds. The summed E-state index contributed by atoms with van der Waals surface area (Å²) in [4.78, 5) is 27.5. The lowest BCUT2D eigenvalue weighted by atomic mass is 9.95. The summed E-state index contributed by atoms with van der Waals surface area (Å²) in [6, 6.07) is 6.75. The molecule has 0 fully saturated rings. The molecule has 0 bridgehead atoms. The number of aliphatic carboxylic acids is 1. The number of hydrogen-bond donors (Lipinski definition) is 2. The second-order valence-corrected chi connectivity index (χ2v) is 11.9. The van der Waals surface area contributed by atoms with E-state index in [0.29, 0.717) is 24.6 Å². The quantitative estimate of drug-likeness (QED) is 0.419. The summed E-state index contributed by atoms with van der Waals surface area (Å²) < 4.78 is 23.7. The van der Waals surface area contributed by atoms with Crippen molar-refractivity contribution in [1.82, 2.24) is 10.2 Å². The van der Waals surface area contributed by atoms with E-state index in [4.69, 9.17) is 23.2 Å². The van der Waals surface area contributed by atoms with Crippen molar-refractivity contribution in [3.63, 3.8) is 0 Å². The summed E-state index contributed by atoms with van der Waals surface area (Å²) >= 11 is 13.1. The lowest BCUT2D eigenvalue weighted by Gasteiger charge is -2.34. The zero-order valence-corrected chi connectivity index (χ0v) is 22.6. The van der Waals surface area contributed by atoms with Crippen LogP contribution in [0.5, 0.6) is 0 Å². The normalized spacial score (nSPS) is 15.6. The first-order chi connectivity index (χ1) is 16.9. The number of carboxylic acid groups (broad SMARTS) is 1. The van der Waals surface area contributed by atoms with Crippen molar-refractivity contribution in [3.8, 4) is 0 Å². The Morgan fingerprint density at radius 2 is 2.00 bits per heavy atom. The molecule has 0 aromatic heterocycles. The van der Waals surface area contributed by atoms with Crippen LogP contribution in [0.2, 0.25) is 10.0 Å². The van der Waals surface area contributed by atoms with Gasteiger partial charge in [-0.3, -0.25) is 9.69 Å². The molecule has 2 aromatic rings. The Morgan fingerprint density at radius 3 is 2.64 bits per heavy atom. The first-order valence-electron chi connectivity index (χ1n) is 11.6. The van der Waals surface area contributed by atoms with Crippen molar-refractivity contribution >= 4 is 44.9 Å². The van der Waals surface area contributed by atoms with Crippen LogP contribution in [0, 0.1) is 0 Å². The monoisotopic (exact) mass is 552 g/mol. The Balaban J connectivity index is 1.81. The van der Waals surface area contributed by atoms with Crippen LogP contribution < -0.4 is 5.32 Å². The summed E-state index contributed by atoms with van der Waals surface area (Å²) in [6.07, 6.45) is 5.43. The van der Waals surface area contributed by atoms with Crippen LogP contribution in [0.1, 0.15) is 46.8 Å². The van der Waals surface area contributed by atoms with Gasteiger partial charge >= 0.3 is 5.97 Å². The third kappa shape index (κ3) is 6.68. The van der Waals surface area contributed by atoms with Crippen LogP contribution in [0.15, 0.2) is 47.9 Å². The van der Waals surface area contributed by atoms with E-state index in [1.54, 1.807) is 12.1 Å². The number of carbonyl (C=O) groups excluding carboxylic acids is 1. The van der Waals surface area contributed by atoms with Gasteiger partial charge in [-0.1, -0.05) is 41.4 Å². The van der Waals surface area contributed by atoms with Crippen LogP contribution in [-0.2, 0) is 34.0 Å². The molecule has 3 rings (SSSR count). The van der Waals surface area contributed by atoms with Gasteiger partial charge in [-0.15, -0.1) is 6.58 Å². The van der Waals surface area contributed by atoms with Crippen LogP contribution in [0.4, 0.5) is 0 Å². The van der Waals surface area contributed by atoms with Crippen LogP contribution >= 0.6 is 23.2 Å². The molecule has 0 aliphatic carbocycles. The Hall–Kier alpha value is -2.39. The van der Waals surface area contributed by atoms with Crippen LogP contribution in [0.3, 0.4) is 0 Å². The van der Waals surface area contributed by atoms with Gasteiger partial charge in [0.15, 0.2) is 9.84 Å². The number of hydrogen-bond acceptors (Lipinski definition) is 5. The van der Waals surface area contributed by atoms with Gasteiger partial charge in [0.25, 0.3) is 5.91 Å². The highest BCUT2D eigenvalue weighted by atomic mass is 35.5. The second-order valence-electron chi connectivity index (χ2n) is 9.11. The molecule has 2 N–H and O–H groups in total. The Bertz CT molecular complexity index is 1280. The number of carboxylic acids is 1. The maximum absolute atomic E-state index is 13.1. The van der Waals surface area contributed by atoms with E-state index in [1.807, 2.05) is 6.08 Å². The molecule has 10 heteroatoms. The van der Waals surface area contributed by atoms with Gasteiger partial charge in [-0.2, -0.15) is 0 Å². The van der Waals surface area contributed by atoms with E-state index in [9.17, 15) is 23.1 Å². The topological polar surface area (TPSA) is 104 Å². The fourth-order valence-electron chi connectivity index (χ4n) is 4.37. The first-order valence-corrected chi connectivity index (χ1v) is 14.2. The molecule has 1 aliphatic rings. The summed E-state index contributed by atoms with van der Waals surface area (Å²) in [6.45, 7) is 7.38. The van der Waals surface area contributed by atoms with Gasteiger partial charge in [-0.25, -0.2) is 13.2 Å². The number of amides is 1. The van der Waals surface area contributed by atoms with Gasteiger partial charge < -0.3 is 10.4 Å². The van der Waals surface area contributed by atoms with Crippen molar-refractivity contribution < 1.29 is 23.1 Å². The smallest absolute Gasteiger partial charge is 0.326 e. The van der Waals surface area contributed by atoms with Gasteiger partial charge in [0.05, 0.1) is 20.5 Å². The molecule has 1 unspecified atom stereocenters. The Labute approximate surface area is 222 Å². The maximum Gasteiger partial charge on any atom is 0.326 e. The molecule has 0 spiro atoms. The lowest BCUT2D eigenvalue weighted by molar-refractivity contribution is -0.139. The predicted molar refractivity (Wildman–Crippen MR) is 142 cm³/mol. The molecule has 2 atom stereocenters. The predicted octanol–water partition coefficient (Wildman–Crippen LogP) is 4.54. The number of allylic oxidation sites excluding steroid dienone is 1. The van der Waals surface area contributed by atoms with Crippen molar-refractivity contribution in [2.45, 2.75) is 56.1 Å². The highest BCUT2D eigenvalue weighted by Gasteiger charge is 2.29. The summed E-state index contributed by atoms with van der Waals surface area (Å²) in [5.74, 6) is -1.95. The van der Waals surface area contributed by atoms with Crippen LogP contribution in [0.25, 0.3) is 0 Å². The fraction of sp³-hybridized carbons (Fsp3) is 0.385. The molecule has 0 radical (unpaired) electrons. The molecule has 0 saturated heterocycles. The average Bonchev–Trinajstić information content (AvgIpc) is 2.81. The lowest BCUT2D eigenvalue weighted by Crippen LogP contribution is -2.43. The minimum atomic E-state index is -3.46. The number of rotatable bonds is 10. The van der Waals surface area contributed by atoms with Crippen molar-refractivity contribution in [2.24, 2.45) is 0 Å². The van der Waals surface area contributed by atoms with Crippen LogP contribution in [-0.4, -0.2) is 55.2 Å². The Kier molecular flexibility index (Phi) is 9.22. The molecule has 1 heterocycles. The number of fused-ring (bicyclic) bond motifs is 1. The number of halogens is 2. The van der Waals surface area contributed by atoms with Crippen molar-refractivity contribution in [1.29, 1.82) is 0 Å². The van der Waals surface area contributed by atoms with Crippen molar-refractivity contribution in [2.75, 3.05) is 12.8 Å². The molecule has 0 saturated carbocycles. The van der Waals surface area contributed by atoms with E-state index in [2.05, 4.69) is 23.7 Å². The summed E-state index contributed by atoms with van der Waals surface area (Å²) in [7, 11) is -3.46. The molecular weight excluding hydrogens is 523 g/mol. The summed E-state index contributed by atoms with van der Waals surface area (Å²) in [5, 5.41) is 12.6. The number of sulfone groups is 1. The van der Waals surface area contributed by atoms with E-state index in [1.165, 1.54) is 18.2 Å². The zero-order valence-electron chi connectivity index (χ0n) is 20.3. The minimum Gasteiger partial charge on any atom is -0.480 e. The average molecular weight is 554 g/mol. The van der Waals surface area contributed by atoms with E-state index in [-0.39, 0.29) is 26.9 Å². The number of nitrogens with zero attached hydrogens (tertiary/aromatic N) is 1. The zero-order chi connectivity index (χ0) is 26.6. The second kappa shape index (κ2) is 11.8. The van der Waals surface area contributed by atoms with E-state index >= 15 is 0 Å². The molecular formula is C26H30Cl2N2O5S. The standard InChI is InChI=1S/C26H30Cl2N2O5S/c1-4-5-7-16(2)30-11-10-20-18(15-30)14-21(27)23(24(20)28)25(31)29-22(26(32)33)13-17-8-6-9-19(12-17)36(3,34)35/h4,6,8-9,12,14,16,22H,1,5,7,10-11,13,15H2,2-3H3,(H,29,31)(H,32,33)/t16?,22-/m0/s1. The van der Waals surface area contributed by atoms with E-state index < -0.39 is 27.8 Å². The molecule has 1 aliphatic heterocycles. The molecule has 7 nitrogen and oxygen atoms in total. The number of carbonyl (C=O) groups is 2. The van der Waals surface area contributed by atoms with Gasteiger partial charge in [0, 0.05) is 31.8 Å². The third-order valence-corrected chi connectivity index (χ3v) is 8.27. The Morgan fingerprint density at radius 1 is 1.28 bits per heavy atom. The largest absolute Gasteiger partial charge is 0.480 e. The highest BCUT2D eigenvalue weighted by molar-refractivity contribution is 7.90. The molecule has 36 heavy (non-hydrogen) atoms. The third-order valence-electron chi connectivity index (χ3n) is 6.44. The van der Waals surface area contributed by atoms with E-state index in [0.717, 1.165) is 36.8 Å². The fourth-order valence-corrected chi connectivity index (χ4v) is 5.82. The summed E-state index contributed by atoms with van der Waals surface area (Å²) in [5.41, 5.74) is 2.29. The first kappa shape index (κ1) is 28.2. The van der Waals surface area contributed by atoms with Crippen molar-refractivity contribution in [3.05, 3.63) is 75.3 Å². The highest BCUT2D eigenvalue weighted by Crippen LogP contribution is 2.35.